The number of hydrogen-bond acceptors (Lipinski definition) is 4. The van der Waals surface area contributed by atoms with Gasteiger partial charge in [0.05, 0.1) is 12.0 Å². The number of carbonyl (C=O) groups excluding carboxylic acids is 2. The predicted octanol–water partition coefficient (Wildman–Crippen LogP) is 0.570. The lowest BCUT2D eigenvalue weighted by Gasteiger charge is -2.34. The summed E-state index contributed by atoms with van der Waals surface area (Å²) in [5.74, 6) is -2.47. The van der Waals surface area contributed by atoms with E-state index in [0.717, 1.165) is 0 Å². The first-order valence-corrected chi connectivity index (χ1v) is 6.98. The van der Waals surface area contributed by atoms with Crippen LogP contribution in [-0.4, -0.2) is 52.0 Å². The first-order chi connectivity index (χ1) is 9.90. The Kier molecular flexibility index (Phi) is 4.46. The maximum atomic E-state index is 12.4. The van der Waals surface area contributed by atoms with Gasteiger partial charge in [-0.2, -0.15) is 0 Å². The average molecular weight is 357 g/mol. The number of nitrogens with zero attached hydrogens (tertiary/aromatic N) is 1. The number of phenolic OH excluding ortho intramolecular Hbond substituents is 1. The highest BCUT2D eigenvalue weighted by molar-refractivity contribution is 9.10. The van der Waals surface area contributed by atoms with Gasteiger partial charge in [0.1, 0.15) is 11.8 Å². The van der Waals surface area contributed by atoms with E-state index in [4.69, 9.17) is 5.11 Å². The zero-order valence-corrected chi connectivity index (χ0v) is 12.5. The second-order valence-electron chi connectivity index (χ2n) is 4.56. The van der Waals surface area contributed by atoms with Crippen molar-refractivity contribution < 1.29 is 24.6 Å². The Labute approximate surface area is 128 Å². The number of phenols is 1. The molecule has 1 heterocycles. The van der Waals surface area contributed by atoms with Crippen molar-refractivity contribution in [3.63, 3.8) is 0 Å². The van der Waals surface area contributed by atoms with Crippen LogP contribution >= 0.6 is 15.9 Å². The molecule has 0 aliphatic carbocycles. The van der Waals surface area contributed by atoms with Crippen LogP contribution in [-0.2, 0) is 9.59 Å². The maximum Gasteiger partial charge on any atom is 0.305 e. The van der Waals surface area contributed by atoms with Crippen molar-refractivity contribution in [2.24, 2.45) is 0 Å². The largest absolute Gasteiger partial charge is 0.507 e. The van der Waals surface area contributed by atoms with E-state index in [1.165, 1.54) is 17.0 Å². The van der Waals surface area contributed by atoms with Gasteiger partial charge in [0, 0.05) is 17.6 Å². The van der Waals surface area contributed by atoms with E-state index in [0.29, 0.717) is 4.47 Å². The van der Waals surface area contributed by atoms with Gasteiger partial charge in [0.2, 0.25) is 5.91 Å². The summed E-state index contributed by atoms with van der Waals surface area (Å²) < 4.78 is 0.607. The van der Waals surface area contributed by atoms with Crippen LogP contribution in [0.15, 0.2) is 22.7 Å². The normalized spacial score (nSPS) is 18.2. The average Bonchev–Trinajstić information content (AvgIpc) is 2.40. The lowest BCUT2D eigenvalue weighted by Crippen LogP contribution is -2.57. The van der Waals surface area contributed by atoms with Gasteiger partial charge in [-0.15, -0.1) is 0 Å². The van der Waals surface area contributed by atoms with E-state index in [2.05, 4.69) is 21.2 Å². The van der Waals surface area contributed by atoms with E-state index in [-0.39, 0.29) is 24.4 Å². The molecule has 1 fully saturated rings. The molecule has 112 valence electrons. The van der Waals surface area contributed by atoms with Crippen molar-refractivity contribution in [3.8, 4) is 5.75 Å². The molecule has 0 spiro atoms. The van der Waals surface area contributed by atoms with E-state index >= 15 is 0 Å². The number of carboxylic acid groups (broad SMARTS) is 1. The number of rotatable bonds is 3. The lowest BCUT2D eigenvalue weighted by molar-refractivity contribution is -0.142. The summed E-state index contributed by atoms with van der Waals surface area (Å²) in [7, 11) is 0. The summed E-state index contributed by atoms with van der Waals surface area (Å²) in [6.07, 6.45) is -0.477. The highest BCUT2D eigenvalue weighted by Crippen LogP contribution is 2.25. The number of halogens is 1. The van der Waals surface area contributed by atoms with Gasteiger partial charge in [-0.3, -0.25) is 14.4 Å². The van der Waals surface area contributed by atoms with Crippen molar-refractivity contribution in [1.82, 2.24) is 10.2 Å². The quantitative estimate of drug-likeness (QED) is 0.733. The van der Waals surface area contributed by atoms with Gasteiger partial charge in [-0.05, 0) is 18.2 Å². The predicted molar refractivity (Wildman–Crippen MR) is 75.9 cm³/mol. The number of aromatic hydroxyl groups is 1. The molecule has 3 N–H and O–H groups in total. The maximum absolute atomic E-state index is 12.4. The topological polar surface area (TPSA) is 107 Å². The molecule has 0 radical (unpaired) electrons. The Morgan fingerprint density at radius 2 is 2.14 bits per heavy atom. The Bertz CT molecular complexity index is 604. The van der Waals surface area contributed by atoms with Crippen LogP contribution in [0, 0.1) is 0 Å². The Morgan fingerprint density at radius 3 is 2.76 bits per heavy atom. The molecule has 1 aromatic carbocycles. The van der Waals surface area contributed by atoms with E-state index in [9.17, 15) is 19.5 Å². The second-order valence-corrected chi connectivity index (χ2v) is 5.48. The minimum atomic E-state index is -1.17. The Hall–Kier alpha value is -2.09. The fraction of sp³-hybridized carbons (Fsp3) is 0.308. The first kappa shape index (κ1) is 15.3. The highest BCUT2D eigenvalue weighted by Gasteiger charge is 2.35. The molecule has 1 unspecified atom stereocenters. The Balaban J connectivity index is 2.30. The fourth-order valence-corrected chi connectivity index (χ4v) is 2.52. The molecule has 1 aliphatic heterocycles. The van der Waals surface area contributed by atoms with Crippen LogP contribution < -0.4 is 5.32 Å². The van der Waals surface area contributed by atoms with Crippen molar-refractivity contribution in [1.29, 1.82) is 0 Å². The third kappa shape index (κ3) is 3.33. The summed E-state index contributed by atoms with van der Waals surface area (Å²) in [4.78, 5) is 36.3. The smallest absolute Gasteiger partial charge is 0.305 e. The van der Waals surface area contributed by atoms with Crippen molar-refractivity contribution in [2.75, 3.05) is 13.1 Å². The number of benzene rings is 1. The van der Waals surface area contributed by atoms with Crippen LogP contribution in [0.1, 0.15) is 16.8 Å². The summed E-state index contributed by atoms with van der Waals surface area (Å²) >= 11 is 3.17. The molecule has 2 rings (SSSR count). The number of carboxylic acids is 1. The second kappa shape index (κ2) is 6.13. The molecule has 0 saturated carbocycles. The molecule has 7 nitrogen and oxygen atoms in total. The number of nitrogens with one attached hydrogen (secondary N) is 1. The SMILES string of the molecule is O=C(O)CC1C(=O)NCCN1C(=O)c1ccc(Br)cc1O. The van der Waals surface area contributed by atoms with Crippen LogP contribution in [0.4, 0.5) is 0 Å². The molecular formula is C13H13BrN2O5. The molecule has 2 amide bonds. The fourth-order valence-electron chi connectivity index (χ4n) is 2.17. The lowest BCUT2D eigenvalue weighted by atomic mass is 10.1. The summed E-state index contributed by atoms with van der Waals surface area (Å²) in [6, 6.07) is 3.30. The van der Waals surface area contributed by atoms with Crippen LogP contribution in [0.3, 0.4) is 0 Å². The number of hydrogen-bond donors (Lipinski definition) is 3. The minimum Gasteiger partial charge on any atom is -0.507 e. The molecule has 1 atom stereocenters. The summed E-state index contributed by atoms with van der Waals surface area (Å²) in [5.41, 5.74) is 0.0308. The summed E-state index contributed by atoms with van der Waals surface area (Å²) in [5, 5.41) is 21.2. The highest BCUT2D eigenvalue weighted by atomic mass is 79.9. The third-order valence-corrected chi connectivity index (χ3v) is 3.64. The van der Waals surface area contributed by atoms with Crippen molar-refractivity contribution in [3.05, 3.63) is 28.2 Å². The van der Waals surface area contributed by atoms with Crippen LogP contribution in [0.25, 0.3) is 0 Å². The van der Waals surface area contributed by atoms with Gasteiger partial charge in [0.25, 0.3) is 5.91 Å². The van der Waals surface area contributed by atoms with Crippen LogP contribution in [0.2, 0.25) is 0 Å². The van der Waals surface area contributed by atoms with Crippen LogP contribution in [0.5, 0.6) is 5.75 Å². The van der Waals surface area contributed by atoms with Gasteiger partial charge in [-0.1, -0.05) is 15.9 Å². The zero-order chi connectivity index (χ0) is 15.6. The molecular weight excluding hydrogens is 344 g/mol. The minimum absolute atomic E-state index is 0.0308. The first-order valence-electron chi connectivity index (χ1n) is 6.19. The van der Waals surface area contributed by atoms with Gasteiger partial charge in [-0.25, -0.2) is 0 Å². The van der Waals surface area contributed by atoms with Crippen molar-refractivity contribution >= 4 is 33.7 Å². The molecule has 1 saturated heterocycles. The molecule has 0 bridgehead atoms. The van der Waals surface area contributed by atoms with E-state index in [1.807, 2.05) is 0 Å². The van der Waals surface area contributed by atoms with Gasteiger partial charge in [0.15, 0.2) is 0 Å². The number of aliphatic carboxylic acids is 1. The standard InChI is InChI=1S/C13H13BrN2O5/c14-7-1-2-8(10(17)5-7)13(21)16-4-3-15-12(20)9(16)6-11(18)19/h1-2,5,9,17H,3-4,6H2,(H,15,20)(H,18,19). The van der Waals surface area contributed by atoms with Gasteiger partial charge >= 0.3 is 5.97 Å². The van der Waals surface area contributed by atoms with E-state index in [1.54, 1.807) is 6.07 Å². The zero-order valence-electron chi connectivity index (χ0n) is 10.9. The summed E-state index contributed by atoms with van der Waals surface area (Å²) in [6.45, 7) is 0.440. The van der Waals surface area contributed by atoms with Gasteiger partial charge < -0.3 is 20.4 Å². The number of carbonyl (C=O) groups is 3. The molecule has 0 aromatic heterocycles. The number of amides is 2. The monoisotopic (exact) mass is 356 g/mol. The number of piperazine rings is 1. The Morgan fingerprint density at radius 1 is 1.43 bits per heavy atom. The molecule has 1 aromatic rings. The van der Waals surface area contributed by atoms with Crippen molar-refractivity contribution in [2.45, 2.75) is 12.5 Å². The molecule has 1 aliphatic rings. The molecule has 21 heavy (non-hydrogen) atoms. The third-order valence-electron chi connectivity index (χ3n) is 3.15. The van der Waals surface area contributed by atoms with E-state index < -0.39 is 30.2 Å². The molecule has 8 heteroatoms.